The van der Waals surface area contributed by atoms with Gasteiger partial charge in [0.15, 0.2) is 0 Å². The highest BCUT2D eigenvalue weighted by atomic mass is 32.1. The van der Waals surface area contributed by atoms with E-state index in [1.807, 2.05) is 30.5 Å². The number of rotatable bonds is 6. The number of hydrogen-bond acceptors (Lipinski definition) is 5. The summed E-state index contributed by atoms with van der Waals surface area (Å²) in [4.78, 5) is 18.0. The van der Waals surface area contributed by atoms with Gasteiger partial charge in [-0.05, 0) is 42.6 Å². The molecule has 1 aliphatic heterocycles. The molecule has 0 bridgehead atoms. The molecule has 0 aliphatic carbocycles. The van der Waals surface area contributed by atoms with Gasteiger partial charge in [-0.25, -0.2) is 0 Å². The van der Waals surface area contributed by atoms with E-state index in [1.54, 1.807) is 18.4 Å². The highest BCUT2D eigenvalue weighted by Crippen LogP contribution is 2.21. The number of thiophene rings is 1. The lowest BCUT2D eigenvalue weighted by atomic mass is 10.2. The fourth-order valence-electron chi connectivity index (χ4n) is 3.06. The van der Waals surface area contributed by atoms with E-state index in [-0.39, 0.29) is 11.9 Å². The molecule has 6 heteroatoms. The van der Waals surface area contributed by atoms with Crippen molar-refractivity contribution in [3.8, 4) is 5.75 Å². The van der Waals surface area contributed by atoms with Crippen LogP contribution in [-0.2, 0) is 4.79 Å². The Balaban J connectivity index is 1.44. The summed E-state index contributed by atoms with van der Waals surface area (Å²) in [6.45, 7) is 6.15. The number of hydrogen-bond donors (Lipinski definition) is 1. The second-order valence-electron chi connectivity index (χ2n) is 6.27. The predicted octanol–water partition coefficient (Wildman–Crippen LogP) is 2.76. The van der Waals surface area contributed by atoms with Gasteiger partial charge in [-0.15, -0.1) is 11.3 Å². The van der Waals surface area contributed by atoms with Gasteiger partial charge in [-0.3, -0.25) is 9.69 Å². The molecule has 0 spiro atoms. The highest BCUT2D eigenvalue weighted by molar-refractivity contribution is 7.10. The first kappa shape index (κ1) is 17.8. The number of amides is 1. The number of benzene rings is 1. The quantitative estimate of drug-likeness (QED) is 0.861. The maximum atomic E-state index is 12.3. The number of anilines is 1. The van der Waals surface area contributed by atoms with Gasteiger partial charge in [0.1, 0.15) is 5.75 Å². The molecule has 1 aromatic heterocycles. The molecule has 2 heterocycles. The van der Waals surface area contributed by atoms with E-state index in [2.05, 4.69) is 33.3 Å². The van der Waals surface area contributed by atoms with E-state index in [1.165, 1.54) is 10.6 Å². The molecule has 134 valence electrons. The van der Waals surface area contributed by atoms with Crippen molar-refractivity contribution < 1.29 is 9.53 Å². The molecule has 1 unspecified atom stereocenters. The number of carbonyl (C=O) groups excluding carboxylic acids is 1. The Morgan fingerprint density at radius 1 is 1.20 bits per heavy atom. The molecule has 1 N–H and O–H groups in total. The Morgan fingerprint density at radius 2 is 1.92 bits per heavy atom. The summed E-state index contributed by atoms with van der Waals surface area (Å²) >= 11 is 1.68. The molecule has 0 saturated carbocycles. The van der Waals surface area contributed by atoms with Crippen LogP contribution < -0.4 is 15.0 Å². The molecule has 1 fully saturated rings. The number of piperazine rings is 1. The van der Waals surface area contributed by atoms with E-state index < -0.39 is 0 Å². The smallest absolute Gasteiger partial charge is 0.234 e. The molecule has 3 rings (SSSR count). The van der Waals surface area contributed by atoms with Crippen molar-refractivity contribution in [1.29, 1.82) is 0 Å². The van der Waals surface area contributed by atoms with Crippen molar-refractivity contribution >= 4 is 22.9 Å². The minimum absolute atomic E-state index is 0.0769. The molecular formula is C19H25N3O2S. The molecular weight excluding hydrogens is 334 g/mol. The Labute approximate surface area is 153 Å². The highest BCUT2D eigenvalue weighted by Gasteiger charge is 2.20. The maximum absolute atomic E-state index is 12.3. The minimum Gasteiger partial charge on any atom is -0.497 e. The van der Waals surface area contributed by atoms with Crippen molar-refractivity contribution in [2.75, 3.05) is 44.7 Å². The first-order valence-corrected chi connectivity index (χ1v) is 9.48. The van der Waals surface area contributed by atoms with Crippen LogP contribution in [0.1, 0.15) is 17.8 Å². The average molecular weight is 359 g/mol. The van der Waals surface area contributed by atoms with Crippen molar-refractivity contribution in [3.05, 3.63) is 46.7 Å². The number of ether oxygens (including phenoxy) is 1. The SMILES string of the molecule is COc1ccc(N2CCN(CC(=O)NC(C)c3cccs3)CC2)cc1. The Kier molecular flexibility index (Phi) is 5.94. The van der Waals surface area contributed by atoms with Gasteiger partial charge in [-0.2, -0.15) is 0 Å². The van der Waals surface area contributed by atoms with Gasteiger partial charge >= 0.3 is 0 Å². The fraction of sp³-hybridized carbons (Fsp3) is 0.421. The van der Waals surface area contributed by atoms with Gasteiger partial charge in [0.2, 0.25) is 5.91 Å². The lowest BCUT2D eigenvalue weighted by Gasteiger charge is -2.35. The summed E-state index contributed by atoms with van der Waals surface area (Å²) in [5.41, 5.74) is 1.20. The monoisotopic (exact) mass is 359 g/mol. The zero-order valence-corrected chi connectivity index (χ0v) is 15.6. The largest absolute Gasteiger partial charge is 0.497 e. The zero-order chi connectivity index (χ0) is 17.6. The third-order valence-corrected chi connectivity index (χ3v) is 5.58. The number of methoxy groups -OCH3 is 1. The van der Waals surface area contributed by atoms with Crippen LogP contribution in [0.15, 0.2) is 41.8 Å². The number of nitrogens with one attached hydrogen (secondary N) is 1. The molecule has 1 aromatic carbocycles. The summed E-state index contributed by atoms with van der Waals surface area (Å²) in [6, 6.07) is 12.3. The summed E-state index contributed by atoms with van der Waals surface area (Å²) < 4.78 is 5.21. The minimum atomic E-state index is 0.0769. The summed E-state index contributed by atoms with van der Waals surface area (Å²) in [5, 5.41) is 5.13. The number of carbonyl (C=O) groups is 1. The Bertz CT molecular complexity index is 664. The zero-order valence-electron chi connectivity index (χ0n) is 14.8. The molecule has 1 aliphatic rings. The van der Waals surface area contributed by atoms with Crippen LogP contribution in [0.3, 0.4) is 0 Å². The van der Waals surface area contributed by atoms with E-state index in [0.29, 0.717) is 6.54 Å². The van der Waals surface area contributed by atoms with Crippen LogP contribution in [-0.4, -0.2) is 50.6 Å². The molecule has 1 amide bonds. The summed E-state index contributed by atoms with van der Waals surface area (Å²) in [7, 11) is 1.68. The Hall–Kier alpha value is -2.05. The van der Waals surface area contributed by atoms with Crippen molar-refractivity contribution in [1.82, 2.24) is 10.2 Å². The van der Waals surface area contributed by atoms with Crippen LogP contribution in [0.2, 0.25) is 0 Å². The molecule has 2 aromatic rings. The van der Waals surface area contributed by atoms with Gasteiger partial charge < -0.3 is 15.0 Å². The third-order valence-electron chi connectivity index (χ3n) is 4.52. The van der Waals surface area contributed by atoms with Crippen molar-refractivity contribution in [2.24, 2.45) is 0 Å². The molecule has 1 saturated heterocycles. The van der Waals surface area contributed by atoms with E-state index >= 15 is 0 Å². The summed E-state index contributed by atoms with van der Waals surface area (Å²) in [5.74, 6) is 0.970. The van der Waals surface area contributed by atoms with Crippen molar-refractivity contribution in [2.45, 2.75) is 13.0 Å². The van der Waals surface area contributed by atoms with Gasteiger partial charge in [0.05, 0.1) is 19.7 Å². The first-order chi connectivity index (χ1) is 12.2. The average Bonchev–Trinajstić information content (AvgIpc) is 3.17. The molecule has 0 radical (unpaired) electrons. The Morgan fingerprint density at radius 3 is 2.52 bits per heavy atom. The van der Waals surface area contributed by atoms with Gasteiger partial charge in [0, 0.05) is 36.7 Å². The standard InChI is InChI=1S/C19H25N3O2S/c1-15(18-4-3-13-25-18)20-19(23)14-21-9-11-22(12-10-21)16-5-7-17(24-2)8-6-16/h3-8,13,15H,9-12,14H2,1-2H3,(H,20,23). The summed E-state index contributed by atoms with van der Waals surface area (Å²) in [6.07, 6.45) is 0. The van der Waals surface area contributed by atoms with E-state index in [0.717, 1.165) is 31.9 Å². The predicted molar refractivity (Wildman–Crippen MR) is 103 cm³/mol. The lowest BCUT2D eigenvalue weighted by molar-refractivity contribution is -0.122. The van der Waals surface area contributed by atoms with Crippen molar-refractivity contribution in [3.63, 3.8) is 0 Å². The molecule has 5 nitrogen and oxygen atoms in total. The molecule has 25 heavy (non-hydrogen) atoms. The topological polar surface area (TPSA) is 44.8 Å². The fourth-order valence-corrected chi connectivity index (χ4v) is 3.79. The van der Waals surface area contributed by atoms with Crippen LogP contribution in [0.25, 0.3) is 0 Å². The van der Waals surface area contributed by atoms with E-state index in [9.17, 15) is 4.79 Å². The second kappa shape index (κ2) is 8.36. The maximum Gasteiger partial charge on any atom is 0.234 e. The van der Waals surface area contributed by atoms with Gasteiger partial charge in [0.25, 0.3) is 0 Å². The van der Waals surface area contributed by atoms with Crippen LogP contribution in [0.5, 0.6) is 5.75 Å². The molecule has 1 atom stereocenters. The van der Waals surface area contributed by atoms with Crippen LogP contribution in [0, 0.1) is 0 Å². The second-order valence-corrected chi connectivity index (χ2v) is 7.25. The number of nitrogens with zero attached hydrogens (tertiary/aromatic N) is 2. The van der Waals surface area contributed by atoms with Gasteiger partial charge in [-0.1, -0.05) is 6.07 Å². The van der Waals surface area contributed by atoms with E-state index in [4.69, 9.17) is 4.74 Å². The van der Waals surface area contributed by atoms with Crippen LogP contribution in [0.4, 0.5) is 5.69 Å². The third kappa shape index (κ3) is 4.74. The first-order valence-electron chi connectivity index (χ1n) is 8.60. The normalized spacial score (nSPS) is 16.5. The lowest BCUT2D eigenvalue weighted by Crippen LogP contribution is -2.49. The van der Waals surface area contributed by atoms with Crippen LogP contribution >= 0.6 is 11.3 Å².